The van der Waals surface area contributed by atoms with Crippen molar-refractivity contribution in [1.82, 2.24) is 4.98 Å². The molecule has 0 unspecified atom stereocenters. The largest absolute Gasteiger partial charge is 0.293 e. The van der Waals surface area contributed by atoms with Crippen LogP contribution in [0.2, 0.25) is 0 Å². The summed E-state index contributed by atoms with van der Waals surface area (Å²) in [5.74, 6) is 0.188. The van der Waals surface area contributed by atoms with Crippen molar-refractivity contribution in [3.8, 4) is 0 Å². The molecule has 0 N–H and O–H groups in total. The second-order valence-electron chi connectivity index (χ2n) is 4.82. The molecule has 0 saturated carbocycles. The molecular weight excluding hydrogens is 242 g/mol. The number of hydrogen-bond acceptors (Lipinski definition) is 3. The van der Waals surface area contributed by atoms with Crippen molar-refractivity contribution in [1.29, 1.82) is 0 Å². The molecule has 3 heteroatoms. The number of thiazole rings is 1. The van der Waals surface area contributed by atoms with Crippen molar-refractivity contribution >= 4 is 17.1 Å². The molecule has 0 atom stereocenters. The highest BCUT2D eigenvalue weighted by atomic mass is 32.1. The van der Waals surface area contributed by atoms with E-state index in [-0.39, 0.29) is 5.78 Å². The maximum atomic E-state index is 12.2. The van der Waals surface area contributed by atoms with E-state index in [9.17, 15) is 4.79 Å². The van der Waals surface area contributed by atoms with Crippen LogP contribution >= 0.6 is 11.3 Å². The van der Waals surface area contributed by atoms with E-state index in [2.05, 4.69) is 23.2 Å². The first-order valence-corrected chi connectivity index (χ1v) is 7.16. The summed E-state index contributed by atoms with van der Waals surface area (Å²) in [6, 6.07) is 6.49. The van der Waals surface area contributed by atoms with Gasteiger partial charge in [-0.2, -0.15) is 0 Å². The Labute approximate surface area is 111 Å². The van der Waals surface area contributed by atoms with Gasteiger partial charge in [0.05, 0.1) is 16.1 Å². The fraction of sp³-hybridized carbons (Fsp3) is 0.333. The molecule has 1 aliphatic rings. The second-order valence-corrected chi connectivity index (χ2v) is 5.68. The third-order valence-corrected chi connectivity index (χ3v) is 4.50. The summed E-state index contributed by atoms with van der Waals surface area (Å²) >= 11 is 1.44. The molecule has 1 heterocycles. The van der Waals surface area contributed by atoms with Gasteiger partial charge in [-0.3, -0.25) is 4.79 Å². The third-order valence-electron chi connectivity index (χ3n) is 3.53. The minimum absolute atomic E-state index is 0.188. The molecule has 0 fully saturated rings. The highest BCUT2D eigenvalue weighted by molar-refractivity contribution is 7.11. The first kappa shape index (κ1) is 11.6. The fourth-order valence-electron chi connectivity index (χ4n) is 2.57. The lowest BCUT2D eigenvalue weighted by atomic mass is 10.0. The van der Waals surface area contributed by atoms with E-state index in [0.717, 1.165) is 22.6 Å². The second kappa shape index (κ2) is 4.65. The summed E-state index contributed by atoms with van der Waals surface area (Å²) in [6.07, 6.45) is 4.10. The quantitative estimate of drug-likeness (QED) is 0.789. The van der Waals surface area contributed by atoms with E-state index in [1.165, 1.54) is 35.3 Å². The summed E-state index contributed by atoms with van der Waals surface area (Å²) in [5, 5.41) is 0. The predicted molar refractivity (Wildman–Crippen MR) is 73.4 cm³/mol. The molecule has 0 amide bonds. The van der Waals surface area contributed by atoms with Crippen LogP contribution in [0.15, 0.2) is 23.7 Å². The fourth-order valence-corrected chi connectivity index (χ4v) is 3.31. The maximum Gasteiger partial charge on any atom is 0.179 e. The minimum Gasteiger partial charge on any atom is -0.293 e. The van der Waals surface area contributed by atoms with Crippen LogP contribution in [0.3, 0.4) is 0 Å². The number of carbonyl (C=O) groups is 1. The lowest BCUT2D eigenvalue weighted by Gasteiger charge is -2.04. The Hall–Kier alpha value is -1.48. The molecule has 92 valence electrons. The molecule has 1 aliphatic carbocycles. The molecule has 0 radical (unpaired) electrons. The van der Waals surface area contributed by atoms with Gasteiger partial charge < -0.3 is 0 Å². The molecule has 0 saturated heterocycles. The van der Waals surface area contributed by atoms with Crippen molar-refractivity contribution in [3.63, 3.8) is 0 Å². The summed E-state index contributed by atoms with van der Waals surface area (Å²) < 4.78 is 0. The van der Waals surface area contributed by atoms with Gasteiger partial charge in [0.1, 0.15) is 0 Å². The van der Waals surface area contributed by atoms with Crippen LogP contribution in [0.5, 0.6) is 0 Å². The number of fused-ring (bicyclic) bond motifs is 1. The molecule has 2 aromatic rings. The highest BCUT2D eigenvalue weighted by Crippen LogP contribution is 2.24. The van der Waals surface area contributed by atoms with Crippen LogP contribution in [-0.2, 0) is 19.3 Å². The van der Waals surface area contributed by atoms with E-state index < -0.39 is 0 Å². The standard InChI is InChI=1S/C15H15NOS/c1-10-15(18-9-16-10)14(17)8-11-5-6-12-3-2-4-13(12)7-11/h5-7,9H,2-4,8H2,1H3. The number of nitrogens with zero attached hydrogens (tertiary/aromatic N) is 1. The van der Waals surface area contributed by atoms with Crippen molar-refractivity contribution in [2.75, 3.05) is 0 Å². The number of carbonyl (C=O) groups excluding carboxylic acids is 1. The van der Waals surface area contributed by atoms with Crippen molar-refractivity contribution in [2.24, 2.45) is 0 Å². The highest BCUT2D eigenvalue weighted by Gasteiger charge is 2.15. The topological polar surface area (TPSA) is 30.0 Å². The number of aromatic nitrogens is 1. The summed E-state index contributed by atoms with van der Waals surface area (Å²) in [6.45, 7) is 1.90. The predicted octanol–water partition coefficient (Wildman–Crippen LogP) is 3.37. The van der Waals surface area contributed by atoms with Crippen LogP contribution in [0.25, 0.3) is 0 Å². The summed E-state index contributed by atoms with van der Waals surface area (Å²) in [7, 11) is 0. The molecule has 0 bridgehead atoms. The number of benzene rings is 1. The van der Waals surface area contributed by atoms with E-state index in [1.54, 1.807) is 5.51 Å². The first-order chi connectivity index (χ1) is 8.74. The number of Topliss-reactive ketones (excluding diaryl/α,β-unsaturated/α-hetero) is 1. The Morgan fingerprint density at radius 2 is 2.17 bits per heavy atom. The van der Waals surface area contributed by atoms with Crippen molar-refractivity contribution in [3.05, 3.63) is 51.0 Å². The normalized spacial score (nSPS) is 13.6. The van der Waals surface area contributed by atoms with Gasteiger partial charge in [-0.1, -0.05) is 18.2 Å². The summed E-state index contributed by atoms with van der Waals surface area (Å²) in [4.78, 5) is 17.1. The van der Waals surface area contributed by atoms with Gasteiger partial charge in [-0.05, 0) is 42.9 Å². The van der Waals surface area contributed by atoms with Crippen LogP contribution < -0.4 is 0 Å². The van der Waals surface area contributed by atoms with Gasteiger partial charge in [-0.15, -0.1) is 11.3 Å². The lowest BCUT2D eigenvalue weighted by Crippen LogP contribution is -2.03. The van der Waals surface area contributed by atoms with E-state index in [4.69, 9.17) is 0 Å². The number of hydrogen-bond donors (Lipinski definition) is 0. The monoisotopic (exact) mass is 257 g/mol. The van der Waals surface area contributed by atoms with Gasteiger partial charge in [-0.25, -0.2) is 4.98 Å². The molecule has 0 aliphatic heterocycles. The number of ketones is 1. The Morgan fingerprint density at radius 3 is 2.94 bits per heavy atom. The number of rotatable bonds is 3. The lowest BCUT2D eigenvalue weighted by molar-refractivity contribution is 0.0996. The van der Waals surface area contributed by atoms with Gasteiger partial charge in [0.25, 0.3) is 0 Å². The van der Waals surface area contributed by atoms with Gasteiger partial charge in [0, 0.05) is 6.42 Å². The number of aryl methyl sites for hydroxylation is 3. The molecule has 18 heavy (non-hydrogen) atoms. The van der Waals surface area contributed by atoms with Crippen LogP contribution in [-0.4, -0.2) is 10.8 Å². The molecule has 0 spiro atoms. The van der Waals surface area contributed by atoms with Crippen LogP contribution in [0, 0.1) is 6.92 Å². The molecule has 3 rings (SSSR count). The molecule has 1 aromatic heterocycles. The zero-order valence-corrected chi connectivity index (χ0v) is 11.2. The SMILES string of the molecule is Cc1ncsc1C(=O)Cc1ccc2c(c1)CCC2. The van der Waals surface area contributed by atoms with Crippen molar-refractivity contribution in [2.45, 2.75) is 32.6 Å². The van der Waals surface area contributed by atoms with E-state index in [0.29, 0.717) is 6.42 Å². The molecule has 2 nitrogen and oxygen atoms in total. The van der Waals surface area contributed by atoms with Gasteiger partial charge in [0.15, 0.2) is 5.78 Å². The van der Waals surface area contributed by atoms with E-state index in [1.807, 2.05) is 6.92 Å². The average Bonchev–Trinajstić information content (AvgIpc) is 2.96. The van der Waals surface area contributed by atoms with Crippen LogP contribution in [0.1, 0.15) is 38.5 Å². The third kappa shape index (κ3) is 2.10. The Kier molecular flexibility index (Phi) is 3.00. The minimum atomic E-state index is 0.188. The van der Waals surface area contributed by atoms with E-state index >= 15 is 0 Å². The zero-order chi connectivity index (χ0) is 12.5. The zero-order valence-electron chi connectivity index (χ0n) is 10.4. The van der Waals surface area contributed by atoms with Crippen LogP contribution in [0.4, 0.5) is 0 Å². The molecule has 1 aromatic carbocycles. The average molecular weight is 257 g/mol. The summed E-state index contributed by atoms with van der Waals surface area (Å²) in [5.41, 5.74) is 6.62. The Morgan fingerprint density at radius 1 is 1.33 bits per heavy atom. The van der Waals surface area contributed by atoms with Gasteiger partial charge in [0.2, 0.25) is 0 Å². The smallest absolute Gasteiger partial charge is 0.179 e. The molecular formula is C15H15NOS. The van der Waals surface area contributed by atoms with Crippen molar-refractivity contribution < 1.29 is 4.79 Å². The van der Waals surface area contributed by atoms with Gasteiger partial charge >= 0.3 is 0 Å². The Balaban J connectivity index is 1.81. The Bertz CT molecular complexity index is 600. The first-order valence-electron chi connectivity index (χ1n) is 6.28. The maximum absolute atomic E-state index is 12.2.